The smallest absolute Gasteiger partial charge is 0.330 e. The van der Waals surface area contributed by atoms with E-state index in [4.69, 9.17) is 37.9 Å². The predicted octanol–water partition coefficient (Wildman–Crippen LogP) is 3.80. The lowest BCUT2D eigenvalue weighted by molar-refractivity contribution is -0.349. The van der Waals surface area contributed by atoms with E-state index >= 15 is 0 Å². The summed E-state index contributed by atoms with van der Waals surface area (Å²) < 4.78 is 46.8. The molecule has 4 aliphatic rings. The maximum absolute atomic E-state index is 13.4. The van der Waals surface area contributed by atoms with Gasteiger partial charge in [0.05, 0.1) is 68.1 Å². The third-order valence-electron chi connectivity index (χ3n) is 12.1. The standard InChI is InChI=1S/C45H68O17/c1-11-12-36(48)60-40-28(19-38(50)56-10)18-31-22-34(26(3)46)58-39(51)21-29(47)20-32-23-35(59-41(52)42(4,5)6)43(7,8)44(53,61-32)24-33-16-27(17-37(49)55-9)15-30(57-33)14-13-25(2)45(40,54)62-31/h13-14,17,19,25-26,29-35,40,46-47,53-54H,11-12,15-16,18,20-24H2,1-10H3/b14-13-,27-17?,28-19+/t25-,26+,29+,30-,31-,32+,33-,34+,35-,40-,44-,45-/m0/s1. The number of cyclic esters (lactones) is 1. The molecule has 17 heteroatoms. The topological polar surface area (TPSA) is 240 Å². The highest BCUT2D eigenvalue weighted by atomic mass is 16.7. The normalized spacial score (nSPS) is 36.9. The Bertz CT molecular complexity index is 1710. The fourth-order valence-electron chi connectivity index (χ4n) is 8.29. The maximum atomic E-state index is 13.4. The number of esters is 5. The maximum Gasteiger partial charge on any atom is 0.330 e. The number of hydrogen-bond acceptors (Lipinski definition) is 17. The van der Waals surface area contributed by atoms with Gasteiger partial charge >= 0.3 is 29.8 Å². The first-order valence-electron chi connectivity index (χ1n) is 21.5. The highest BCUT2D eigenvalue weighted by molar-refractivity contribution is 5.83. The molecule has 3 fully saturated rings. The Kier molecular flexibility index (Phi) is 17.1. The fraction of sp³-hybridized carbons (Fsp3) is 0.756. The van der Waals surface area contributed by atoms with Crippen molar-refractivity contribution < 1.29 is 82.3 Å². The second-order valence-electron chi connectivity index (χ2n) is 18.7. The number of carbonyl (C=O) groups excluding carboxylic acids is 5. The number of aliphatic hydroxyl groups excluding tert-OH is 2. The second-order valence-corrected chi connectivity index (χ2v) is 18.7. The molecule has 17 nitrogen and oxygen atoms in total. The molecule has 6 bridgehead atoms. The van der Waals surface area contributed by atoms with Gasteiger partial charge in [0.15, 0.2) is 11.9 Å². The van der Waals surface area contributed by atoms with Gasteiger partial charge in [-0.2, -0.15) is 0 Å². The molecule has 3 saturated heterocycles. The number of fused-ring (bicyclic) bond motifs is 6. The minimum absolute atomic E-state index is 0.00235. The Morgan fingerprint density at radius 2 is 1.56 bits per heavy atom. The summed E-state index contributed by atoms with van der Waals surface area (Å²) in [5.74, 6) is -8.90. The molecule has 4 heterocycles. The molecule has 12 atom stereocenters. The van der Waals surface area contributed by atoms with Gasteiger partial charge in [0, 0.05) is 50.2 Å². The number of aliphatic hydroxyl groups is 4. The van der Waals surface area contributed by atoms with Crippen LogP contribution in [0.1, 0.15) is 120 Å². The van der Waals surface area contributed by atoms with Gasteiger partial charge < -0.3 is 58.3 Å². The molecule has 0 aromatic rings. The molecule has 0 radical (unpaired) electrons. The van der Waals surface area contributed by atoms with E-state index in [1.54, 1.807) is 60.6 Å². The first kappa shape index (κ1) is 50.9. The van der Waals surface area contributed by atoms with Crippen LogP contribution in [0.2, 0.25) is 0 Å². The van der Waals surface area contributed by atoms with Crippen LogP contribution in [0.5, 0.6) is 0 Å². The summed E-state index contributed by atoms with van der Waals surface area (Å²) in [7, 11) is 2.42. The molecule has 62 heavy (non-hydrogen) atoms. The summed E-state index contributed by atoms with van der Waals surface area (Å²) in [6.07, 6.45) is -4.53. The summed E-state index contributed by atoms with van der Waals surface area (Å²) in [5, 5.41) is 47.3. The van der Waals surface area contributed by atoms with E-state index in [0.29, 0.717) is 12.0 Å². The molecule has 0 amide bonds. The van der Waals surface area contributed by atoms with Gasteiger partial charge in [-0.05, 0) is 59.0 Å². The summed E-state index contributed by atoms with van der Waals surface area (Å²) in [6.45, 7) is 13.3. The van der Waals surface area contributed by atoms with E-state index in [-0.39, 0.29) is 56.9 Å². The molecule has 0 aromatic heterocycles. The predicted molar refractivity (Wildman–Crippen MR) is 219 cm³/mol. The minimum atomic E-state index is -2.35. The lowest BCUT2D eigenvalue weighted by Crippen LogP contribution is -2.62. The Hall–Kier alpha value is -3.71. The molecular formula is C45H68O17. The first-order valence-corrected chi connectivity index (χ1v) is 21.5. The Labute approximate surface area is 364 Å². The van der Waals surface area contributed by atoms with Crippen LogP contribution in [0.25, 0.3) is 0 Å². The molecule has 350 valence electrons. The van der Waals surface area contributed by atoms with Crippen LogP contribution < -0.4 is 0 Å². The third kappa shape index (κ3) is 12.7. The van der Waals surface area contributed by atoms with Crippen molar-refractivity contribution in [2.75, 3.05) is 14.2 Å². The van der Waals surface area contributed by atoms with Crippen LogP contribution in [0, 0.1) is 16.7 Å². The Morgan fingerprint density at radius 3 is 2.18 bits per heavy atom. The Balaban J connectivity index is 1.86. The number of hydrogen-bond donors (Lipinski definition) is 4. The van der Waals surface area contributed by atoms with Crippen LogP contribution in [0.15, 0.2) is 35.5 Å². The van der Waals surface area contributed by atoms with Gasteiger partial charge in [-0.25, -0.2) is 9.59 Å². The van der Waals surface area contributed by atoms with Crippen molar-refractivity contribution >= 4 is 29.8 Å². The van der Waals surface area contributed by atoms with Crippen molar-refractivity contribution in [2.24, 2.45) is 16.7 Å². The van der Waals surface area contributed by atoms with E-state index in [1.165, 1.54) is 27.2 Å². The number of ether oxygens (including phenoxy) is 8. The van der Waals surface area contributed by atoms with Crippen molar-refractivity contribution in [3.05, 3.63) is 35.5 Å². The van der Waals surface area contributed by atoms with Crippen molar-refractivity contribution in [1.82, 2.24) is 0 Å². The lowest BCUT2D eigenvalue weighted by Gasteiger charge is -2.54. The zero-order valence-electron chi connectivity index (χ0n) is 37.8. The molecule has 0 spiro atoms. The average Bonchev–Trinajstić information content (AvgIpc) is 3.16. The van der Waals surface area contributed by atoms with Crippen LogP contribution in [-0.4, -0.2) is 131 Å². The first-order chi connectivity index (χ1) is 28.8. The van der Waals surface area contributed by atoms with Crippen molar-refractivity contribution in [2.45, 2.75) is 186 Å². The van der Waals surface area contributed by atoms with Gasteiger partial charge in [0.2, 0.25) is 5.79 Å². The molecular weight excluding hydrogens is 812 g/mol. The van der Waals surface area contributed by atoms with Gasteiger partial charge in [0.25, 0.3) is 0 Å². The van der Waals surface area contributed by atoms with Crippen LogP contribution in [0.4, 0.5) is 0 Å². The minimum Gasteiger partial charge on any atom is -0.466 e. The third-order valence-corrected chi connectivity index (χ3v) is 12.1. The SMILES string of the molecule is CCCC(=O)O[C@H]1/C(=C/C(=O)OC)C[C@H]2C[C@H]([C@@H](C)O)OC(=O)C[C@H](O)C[C@@H]3C[C@H](OC(=O)C(C)(C)C)C(C)(C)[C@](O)(C[C@@H]4CC(=CC(=O)OC)C[C@H](/C=C\[C@H](C)[C@]1(O)O2)O4)O3. The molecule has 0 aromatic carbocycles. The lowest BCUT2D eigenvalue weighted by atomic mass is 9.70. The largest absolute Gasteiger partial charge is 0.466 e. The van der Waals surface area contributed by atoms with Crippen LogP contribution in [0.3, 0.4) is 0 Å². The highest BCUT2D eigenvalue weighted by Gasteiger charge is 2.58. The molecule has 4 rings (SSSR count). The van der Waals surface area contributed by atoms with Gasteiger partial charge in [-0.3, -0.25) is 14.4 Å². The van der Waals surface area contributed by atoms with Crippen LogP contribution in [-0.2, 0) is 61.9 Å². The second kappa shape index (κ2) is 20.9. The Morgan fingerprint density at radius 1 is 0.903 bits per heavy atom. The summed E-state index contributed by atoms with van der Waals surface area (Å²) in [4.78, 5) is 65.0. The van der Waals surface area contributed by atoms with Crippen molar-refractivity contribution in [1.29, 1.82) is 0 Å². The summed E-state index contributed by atoms with van der Waals surface area (Å²) in [6, 6.07) is 0. The summed E-state index contributed by atoms with van der Waals surface area (Å²) in [5.41, 5.74) is -1.39. The van der Waals surface area contributed by atoms with E-state index in [9.17, 15) is 44.4 Å². The number of carbonyl (C=O) groups is 5. The monoisotopic (exact) mass is 880 g/mol. The van der Waals surface area contributed by atoms with E-state index in [2.05, 4.69) is 0 Å². The highest BCUT2D eigenvalue weighted by Crippen LogP contribution is 2.50. The summed E-state index contributed by atoms with van der Waals surface area (Å²) >= 11 is 0. The quantitative estimate of drug-likeness (QED) is 0.123. The van der Waals surface area contributed by atoms with E-state index in [1.807, 2.05) is 0 Å². The van der Waals surface area contributed by atoms with E-state index in [0.717, 1.165) is 6.08 Å². The molecule has 0 saturated carbocycles. The fourth-order valence-corrected chi connectivity index (χ4v) is 8.29. The van der Waals surface area contributed by atoms with Gasteiger partial charge in [-0.1, -0.05) is 45.4 Å². The molecule has 0 unspecified atom stereocenters. The van der Waals surface area contributed by atoms with Crippen molar-refractivity contribution in [3.8, 4) is 0 Å². The number of methoxy groups -OCH3 is 2. The van der Waals surface area contributed by atoms with E-state index < -0.39 is 120 Å². The number of rotatable bonds is 7. The average molecular weight is 881 g/mol. The molecule has 4 aliphatic heterocycles. The molecule has 0 aliphatic carbocycles. The van der Waals surface area contributed by atoms with Crippen LogP contribution >= 0.6 is 0 Å². The zero-order valence-corrected chi connectivity index (χ0v) is 37.8. The molecule has 4 N–H and O–H groups in total. The van der Waals surface area contributed by atoms with Gasteiger partial charge in [-0.15, -0.1) is 0 Å². The van der Waals surface area contributed by atoms with Gasteiger partial charge in [0.1, 0.15) is 12.2 Å². The van der Waals surface area contributed by atoms with Crippen molar-refractivity contribution in [3.63, 3.8) is 0 Å². The zero-order chi connectivity index (χ0) is 46.4.